The van der Waals surface area contributed by atoms with Crippen molar-refractivity contribution in [2.75, 3.05) is 31.6 Å². The van der Waals surface area contributed by atoms with E-state index in [2.05, 4.69) is 27.1 Å². The average molecular weight is 290 g/mol. The Hall–Kier alpha value is -1.69. The number of rotatable bonds is 3. The van der Waals surface area contributed by atoms with Crippen molar-refractivity contribution in [3.05, 3.63) is 17.6 Å². The number of fused-ring (bicyclic) bond motifs is 1. The third kappa shape index (κ3) is 2.48. The van der Waals surface area contributed by atoms with Crippen LogP contribution in [0, 0.1) is 18.8 Å². The Morgan fingerprint density at radius 1 is 1.48 bits per heavy atom. The van der Waals surface area contributed by atoms with Gasteiger partial charge >= 0.3 is 5.97 Å². The number of nitrogens with one attached hydrogen (secondary N) is 1. The van der Waals surface area contributed by atoms with Crippen molar-refractivity contribution in [3.8, 4) is 0 Å². The van der Waals surface area contributed by atoms with Crippen LogP contribution in [0.2, 0.25) is 0 Å². The third-order valence-electron chi connectivity index (χ3n) is 4.64. The van der Waals surface area contributed by atoms with Gasteiger partial charge in [-0.2, -0.15) is 0 Å². The fourth-order valence-electron chi connectivity index (χ4n) is 3.69. The Morgan fingerprint density at radius 2 is 2.29 bits per heavy atom. The molecule has 2 saturated heterocycles. The second-order valence-corrected chi connectivity index (χ2v) is 5.89. The lowest BCUT2D eigenvalue weighted by Crippen LogP contribution is -2.36. The molecule has 0 bridgehead atoms. The summed E-state index contributed by atoms with van der Waals surface area (Å²) in [7, 11) is 1.36. The summed E-state index contributed by atoms with van der Waals surface area (Å²) in [5.41, 5.74) is 0.797. The van der Waals surface area contributed by atoms with Gasteiger partial charge in [0.1, 0.15) is 5.82 Å². The number of hydrogen-bond acceptors (Lipinski definition) is 6. The van der Waals surface area contributed by atoms with Gasteiger partial charge in [0.15, 0.2) is 0 Å². The van der Waals surface area contributed by atoms with Crippen molar-refractivity contribution in [1.82, 2.24) is 15.3 Å². The minimum atomic E-state index is -0.478. The molecular weight excluding hydrogens is 268 g/mol. The van der Waals surface area contributed by atoms with Crippen LogP contribution >= 0.6 is 0 Å². The molecule has 1 aromatic rings. The van der Waals surface area contributed by atoms with E-state index < -0.39 is 5.97 Å². The Morgan fingerprint density at radius 3 is 3.00 bits per heavy atom. The van der Waals surface area contributed by atoms with E-state index in [4.69, 9.17) is 4.74 Å². The molecule has 21 heavy (non-hydrogen) atoms. The largest absolute Gasteiger partial charge is 0.463 e. The predicted octanol–water partition coefficient (Wildman–Crippen LogP) is 1.01. The van der Waals surface area contributed by atoms with Crippen LogP contribution < -0.4 is 10.2 Å². The molecule has 0 saturated carbocycles. The first-order chi connectivity index (χ1) is 10.1. The molecule has 0 radical (unpaired) electrons. The van der Waals surface area contributed by atoms with Crippen LogP contribution in [0.4, 0.5) is 5.82 Å². The van der Waals surface area contributed by atoms with E-state index in [-0.39, 0.29) is 5.82 Å². The highest BCUT2D eigenvalue weighted by molar-refractivity contribution is 5.85. The summed E-state index contributed by atoms with van der Waals surface area (Å²) >= 11 is 0. The van der Waals surface area contributed by atoms with Crippen LogP contribution in [0.1, 0.15) is 29.7 Å². The van der Waals surface area contributed by atoms with Gasteiger partial charge < -0.3 is 15.0 Å². The highest BCUT2D eigenvalue weighted by Gasteiger charge is 2.43. The van der Waals surface area contributed by atoms with E-state index in [1.54, 1.807) is 0 Å². The van der Waals surface area contributed by atoms with Gasteiger partial charge in [-0.15, -0.1) is 0 Å². The highest BCUT2D eigenvalue weighted by atomic mass is 16.5. The average Bonchev–Trinajstić information content (AvgIpc) is 3.05. The molecule has 0 amide bonds. The second kappa shape index (κ2) is 5.60. The number of anilines is 1. The lowest BCUT2D eigenvalue weighted by atomic mass is 9.93. The summed E-state index contributed by atoms with van der Waals surface area (Å²) in [6.45, 7) is 7.25. The number of methoxy groups -OCH3 is 1. The number of aryl methyl sites for hydroxylation is 1. The molecule has 6 heteroatoms. The van der Waals surface area contributed by atoms with E-state index >= 15 is 0 Å². The van der Waals surface area contributed by atoms with Gasteiger partial charge in [0.25, 0.3) is 0 Å². The lowest BCUT2D eigenvalue weighted by molar-refractivity contribution is 0.0586. The Bertz CT molecular complexity index is 548. The fraction of sp³-hybridized carbons (Fsp3) is 0.667. The maximum Gasteiger partial charge on any atom is 0.376 e. The van der Waals surface area contributed by atoms with Crippen LogP contribution in [0.5, 0.6) is 0 Å². The van der Waals surface area contributed by atoms with Crippen molar-refractivity contribution in [3.63, 3.8) is 0 Å². The quantitative estimate of drug-likeness (QED) is 0.838. The smallest absolute Gasteiger partial charge is 0.376 e. The molecule has 3 rings (SSSR count). The number of carbonyl (C=O) groups is 1. The Balaban J connectivity index is 1.92. The summed E-state index contributed by atoms with van der Waals surface area (Å²) < 4.78 is 4.74. The van der Waals surface area contributed by atoms with E-state index in [9.17, 15) is 4.79 Å². The summed E-state index contributed by atoms with van der Waals surface area (Å²) in [4.78, 5) is 22.7. The lowest BCUT2D eigenvalue weighted by Gasteiger charge is -2.28. The van der Waals surface area contributed by atoms with Gasteiger partial charge in [-0.05, 0) is 25.2 Å². The normalized spacial score (nSPS) is 27.8. The fourth-order valence-corrected chi connectivity index (χ4v) is 3.69. The number of hydrogen-bond donors (Lipinski definition) is 1. The number of aromatic nitrogens is 2. The van der Waals surface area contributed by atoms with Gasteiger partial charge in [0.2, 0.25) is 5.82 Å². The summed E-state index contributed by atoms with van der Waals surface area (Å²) in [5, 5.41) is 3.48. The van der Waals surface area contributed by atoms with E-state index in [1.807, 2.05) is 13.0 Å². The molecule has 3 atom stereocenters. The van der Waals surface area contributed by atoms with Crippen molar-refractivity contribution in [2.45, 2.75) is 26.3 Å². The molecule has 2 aliphatic heterocycles. The van der Waals surface area contributed by atoms with E-state index in [0.29, 0.717) is 17.9 Å². The second-order valence-electron chi connectivity index (χ2n) is 5.89. The standard InChI is InChI=1S/C15H22N4O2/c1-4-12-11-7-16-6-10(11)8-19(12)13-5-9(2)17-14(18-13)15(20)21-3/h5,10-12,16H,4,6-8H2,1-3H3. The van der Waals surface area contributed by atoms with Crippen molar-refractivity contribution in [2.24, 2.45) is 11.8 Å². The molecule has 114 valence electrons. The van der Waals surface area contributed by atoms with Crippen LogP contribution in [-0.4, -0.2) is 48.7 Å². The Kier molecular flexibility index (Phi) is 3.80. The third-order valence-corrected chi connectivity index (χ3v) is 4.64. The molecule has 2 aliphatic rings. The molecule has 1 aromatic heterocycles. The van der Waals surface area contributed by atoms with E-state index in [0.717, 1.165) is 37.6 Å². The molecule has 3 heterocycles. The molecule has 0 aromatic carbocycles. The number of carbonyl (C=O) groups excluding carboxylic acids is 1. The van der Waals surface area contributed by atoms with Gasteiger partial charge in [-0.3, -0.25) is 0 Å². The minimum absolute atomic E-state index is 0.150. The SMILES string of the molecule is CCC1C2CNCC2CN1c1cc(C)nc(C(=O)OC)n1. The van der Waals surface area contributed by atoms with E-state index in [1.165, 1.54) is 7.11 Å². The monoisotopic (exact) mass is 290 g/mol. The van der Waals surface area contributed by atoms with Gasteiger partial charge in [0.05, 0.1) is 7.11 Å². The summed E-state index contributed by atoms with van der Waals surface area (Å²) in [5.74, 6) is 1.87. The van der Waals surface area contributed by atoms with Crippen LogP contribution in [-0.2, 0) is 4.74 Å². The first kappa shape index (κ1) is 14.3. The van der Waals surface area contributed by atoms with Gasteiger partial charge in [-0.1, -0.05) is 6.92 Å². The maximum absolute atomic E-state index is 11.7. The predicted molar refractivity (Wildman–Crippen MR) is 79.4 cm³/mol. The molecule has 1 N–H and O–H groups in total. The van der Waals surface area contributed by atoms with Crippen molar-refractivity contribution in [1.29, 1.82) is 0 Å². The number of nitrogens with zero attached hydrogens (tertiary/aromatic N) is 3. The van der Waals surface area contributed by atoms with Crippen LogP contribution in [0.3, 0.4) is 0 Å². The number of ether oxygens (including phenoxy) is 1. The van der Waals surface area contributed by atoms with Crippen molar-refractivity contribution < 1.29 is 9.53 Å². The van der Waals surface area contributed by atoms with Gasteiger partial charge in [0, 0.05) is 37.4 Å². The van der Waals surface area contributed by atoms with Crippen LogP contribution in [0.15, 0.2) is 6.07 Å². The zero-order chi connectivity index (χ0) is 15.0. The maximum atomic E-state index is 11.7. The first-order valence-electron chi connectivity index (χ1n) is 7.55. The highest BCUT2D eigenvalue weighted by Crippen LogP contribution is 2.36. The minimum Gasteiger partial charge on any atom is -0.463 e. The zero-order valence-electron chi connectivity index (χ0n) is 12.8. The van der Waals surface area contributed by atoms with Gasteiger partial charge in [-0.25, -0.2) is 14.8 Å². The Labute approximate surface area is 124 Å². The molecular formula is C15H22N4O2. The topological polar surface area (TPSA) is 67.4 Å². The number of esters is 1. The molecule has 2 fully saturated rings. The zero-order valence-corrected chi connectivity index (χ0v) is 12.8. The molecule has 0 aliphatic carbocycles. The first-order valence-corrected chi connectivity index (χ1v) is 7.55. The van der Waals surface area contributed by atoms with Crippen LogP contribution in [0.25, 0.3) is 0 Å². The molecule has 6 nitrogen and oxygen atoms in total. The van der Waals surface area contributed by atoms with Crippen molar-refractivity contribution >= 4 is 11.8 Å². The molecule has 3 unspecified atom stereocenters. The summed E-state index contributed by atoms with van der Waals surface area (Å²) in [6.07, 6.45) is 1.08. The molecule has 0 spiro atoms. The summed E-state index contributed by atoms with van der Waals surface area (Å²) in [6, 6.07) is 2.44.